The van der Waals surface area contributed by atoms with Crippen molar-refractivity contribution in [1.82, 2.24) is 0 Å². The molecule has 6 atom stereocenters. The fourth-order valence-electron chi connectivity index (χ4n) is 4.55. The maximum atomic E-state index is 12.5. The maximum absolute atomic E-state index is 12.5. The zero-order valence-electron chi connectivity index (χ0n) is 16.2. The first-order valence-corrected chi connectivity index (χ1v) is 9.80. The molecular weight excluding hydrogens is 300 g/mol. The fourth-order valence-corrected chi connectivity index (χ4v) is 4.55. The molecule has 2 aliphatic rings. The molecule has 3 heteroatoms. The van der Waals surface area contributed by atoms with Crippen molar-refractivity contribution in [3.63, 3.8) is 0 Å². The van der Waals surface area contributed by atoms with Crippen LogP contribution in [0.1, 0.15) is 73.1 Å². The van der Waals surface area contributed by atoms with Gasteiger partial charge in [0.15, 0.2) is 0 Å². The van der Waals surface area contributed by atoms with Crippen molar-refractivity contribution >= 4 is 6.16 Å². The number of carbonyl (C=O) groups excluding carboxylic acids is 1. The predicted molar refractivity (Wildman–Crippen MR) is 97.8 cm³/mol. The first-order chi connectivity index (χ1) is 11.3. The Morgan fingerprint density at radius 2 is 1.50 bits per heavy atom. The van der Waals surface area contributed by atoms with Gasteiger partial charge in [0.2, 0.25) is 0 Å². The Morgan fingerprint density at radius 3 is 2.08 bits per heavy atom. The van der Waals surface area contributed by atoms with E-state index >= 15 is 0 Å². The molecule has 2 saturated carbocycles. The fraction of sp³-hybridized carbons (Fsp3) is 0.857. The SMILES string of the molecule is C=C(C)[C@@H]1CC[C@@H](C)C[C@H]1OC(=O)O[C@@H]1C[C@H](C)CC[C@H]1C(C)C. The van der Waals surface area contributed by atoms with E-state index in [1.165, 1.54) is 12.8 Å². The Bertz CT molecular complexity index is 442. The van der Waals surface area contributed by atoms with Crippen LogP contribution in [-0.4, -0.2) is 18.4 Å². The Kier molecular flexibility index (Phi) is 6.77. The zero-order valence-corrected chi connectivity index (χ0v) is 16.2. The summed E-state index contributed by atoms with van der Waals surface area (Å²) in [4.78, 5) is 12.5. The van der Waals surface area contributed by atoms with Gasteiger partial charge in [0.1, 0.15) is 12.2 Å². The summed E-state index contributed by atoms with van der Waals surface area (Å²) < 4.78 is 11.6. The van der Waals surface area contributed by atoms with Crippen molar-refractivity contribution in [3.8, 4) is 0 Å². The molecule has 0 N–H and O–H groups in total. The van der Waals surface area contributed by atoms with Gasteiger partial charge in [-0.2, -0.15) is 0 Å². The summed E-state index contributed by atoms with van der Waals surface area (Å²) in [6, 6.07) is 0. The minimum Gasteiger partial charge on any atom is -0.431 e. The van der Waals surface area contributed by atoms with E-state index in [4.69, 9.17) is 9.47 Å². The van der Waals surface area contributed by atoms with E-state index in [0.29, 0.717) is 23.7 Å². The molecule has 0 unspecified atom stereocenters. The lowest BCUT2D eigenvalue weighted by Gasteiger charge is -2.38. The maximum Gasteiger partial charge on any atom is 0.508 e. The quantitative estimate of drug-likeness (QED) is 0.468. The lowest BCUT2D eigenvalue weighted by atomic mass is 9.75. The van der Waals surface area contributed by atoms with Crippen LogP contribution in [-0.2, 0) is 9.47 Å². The second-order valence-electron chi connectivity index (χ2n) is 8.76. The molecule has 2 fully saturated rings. The van der Waals surface area contributed by atoms with Crippen LogP contribution < -0.4 is 0 Å². The summed E-state index contributed by atoms with van der Waals surface area (Å²) in [6.07, 6.45) is 5.96. The molecule has 0 saturated heterocycles. The summed E-state index contributed by atoms with van der Waals surface area (Å²) >= 11 is 0. The molecule has 0 heterocycles. The minimum atomic E-state index is -0.467. The second kappa shape index (κ2) is 8.40. The van der Waals surface area contributed by atoms with Crippen molar-refractivity contribution in [1.29, 1.82) is 0 Å². The number of hydrogen-bond donors (Lipinski definition) is 0. The van der Waals surface area contributed by atoms with E-state index in [-0.39, 0.29) is 18.1 Å². The van der Waals surface area contributed by atoms with Crippen molar-refractivity contribution in [2.45, 2.75) is 85.4 Å². The predicted octanol–water partition coefficient (Wildman–Crippen LogP) is 5.98. The van der Waals surface area contributed by atoms with Gasteiger partial charge in [-0.1, -0.05) is 46.3 Å². The van der Waals surface area contributed by atoms with Crippen LogP contribution in [0.5, 0.6) is 0 Å². The van der Waals surface area contributed by atoms with Gasteiger partial charge in [-0.3, -0.25) is 0 Å². The third-order valence-corrected chi connectivity index (χ3v) is 6.14. The van der Waals surface area contributed by atoms with Gasteiger partial charge < -0.3 is 9.47 Å². The van der Waals surface area contributed by atoms with Crippen molar-refractivity contribution in [2.75, 3.05) is 0 Å². The average Bonchev–Trinajstić information content (AvgIpc) is 2.46. The molecule has 24 heavy (non-hydrogen) atoms. The summed E-state index contributed by atoms with van der Waals surface area (Å²) in [5, 5.41) is 0. The molecular formula is C21H36O3. The molecule has 138 valence electrons. The molecule has 2 aliphatic carbocycles. The van der Waals surface area contributed by atoms with Gasteiger partial charge in [-0.15, -0.1) is 0 Å². The topological polar surface area (TPSA) is 35.5 Å². The lowest BCUT2D eigenvalue weighted by molar-refractivity contribution is -0.0607. The highest BCUT2D eigenvalue weighted by Crippen LogP contribution is 2.37. The van der Waals surface area contributed by atoms with E-state index in [9.17, 15) is 4.79 Å². The molecule has 0 aromatic rings. The van der Waals surface area contributed by atoms with Crippen LogP contribution in [0.3, 0.4) is 0 Å². The molecule has 2 rings (SSSR count). The van der Waals surface area contributed by atoms with E-state index in [2.05, 4.69) is 34.3 Å². The molecule has 3 nitrogen and oxygen atoms in total. The first-order valence-electron chi connectivity index (χ1n) is 9.80. The number of hydrogen-bond acceptors (Lipinski definition) is 3. The highest BCUT2D eigenvalue weighted by molar-refractivity contribution is 5.60. The van der Waals surface area contributed by atoms with E-state index in [1.54, 1.807) is 0 Å². The van der Waals surface area contributed by atoms with Gasteiger partial charge in [0.25, 0.3) is 0 Å². The van der Waals surface area contributed by atoms with Crippen molar-refractivity contribution < 1.29 is 14.3 Å². The van der Waals surface area contributed by atoms with Crippen LogP contribution in [0.25, 0.3) is 0 Å². The van der Waals surface area contributed by atoms with Gasteiger partial charge in [0, 0.05) is 5.92 Å². The number of rotatable bonds is 4. The highest BCUT2D eigenvalue weighted by Gasteiger charge is 2.36. The second-order valence-corrected chi connectivity index (χ2v) is 8.76. The lowest BCUT2D eigenvalue weighted by Crippen LogP contribution is -2.38. The van der Waals surface area contributed by atoms with Crippen LogP contribution in [0.4, 0.5) is 4.79 Å². The Labute approximate surface area is 148 Å². The highest BCUT2D eigenvalue weighted by atomic mass is 16.7. The van der Waals surface area contributed by atoms with Crippen LogP contribution in [0.15, 0.2) is 12.2 Å². The van der Waals surface area contributed by atoms with Gasteiger partial charge in [-0.05, 0) is 62.7 Å². The van der Waals surface area contributed by atoms with E-state index in [1.807, 2.05) is 6.92 Å². The van der Waals surface area contributed by atoms with Crippen molar-refractivity contribution in [2.24, 2.45) is 29.6 Å². The van der Waals surface area contributed by atoms with Crippen LogP contribution in [0, 0.1) is 29.6 Å². The molecule has 0 aromatic heterocycles. The van der Waals surface area contributed by atoms with E-state index < -0.39 is 6.16 Å². The zero-order chi connectivity index (χ0) is 17.9. The monoisotopic (exact) mass is 336 g/mol. The summed E-state index contributed by atoms with van der Waals surface area (Å²) in [6.45, 7) is 15.1. The smallest absolute Gasteiger partial charge is 0.431 e. The standard InChI is InChI=1S/C21H36O3/c1-13(2)17-9-7-15(5)11-19(17)23-21(22)24-20-12-16(6)8-10-18(20)14(3)4/h14-20H,1,7-12H2,2-6H3/t15-,16-,17+,18+,19-,20-/m1/s1. The summed E-state index contributed by atoms with van der Waals surface area (Å²) in [7, 11) is 0. The van der Waals surface area contributed by atoms with Crippen LogP contribution in [0.2, 0.25) is 0 Å². The number of ether oxygens (including phenoxy) is 2. The number of carbonyl (C=O) groups is 1. The largest absolute Gasteiger partial charge is 0.508 e. The molecule has 0 aliphatic heterocycles. The van der Waals surface area contributed by atoms with Gasteiger partial charge >= 0.3 is 6.16 Å². The minimum absolute atomic E-state index is 0.00513. The molecule has 0 radical (unpaired) electrons. The summed E-state index contributed by atoms with van der Waals surface area (Å²) in [5.41, 5.74) is 1.12. The third-order valence-electron chi connectivity index (χ3n) is 6.14. The molecule has 0 aromatic carbocycles. The first kappa shape index (κ1) is 19.3. The molecule has 0 spiro atoms. The van der Waals surface area contributed by atoms with Gasteiger partial charge in [0.05, 0.1) is 0 Å². The molecule has 0 bridgehead atoms. The van der Waals surface area contributed by atoms with Crippen molar-refractivity contribution in [3.05, 3.63) is 12.2 Å². The molecule has 0 amide bonds. The van der Waals surface area contributed by atoms with Crippen LogP contribution >= 0.6 is 0 Å². The third kappa shape index (κ3) is 5.00. The summed E-state index contributed by atoms with van der Waals surface area (Å²) in [5.74, 6) is 2.48. The average molecular weight is 337 g/mol. The normalized spacial score (nSPS) is 37.1. The van der Waals surface area contributed by atoms with Gasteiger partial charge in [-0.25, -0.2) is 4.79 Å². The van der Waals surface area contributed by atoms with E-state index in [0.717, 1.165) is 31.3 Å². The Hall–Kier alpha value is -0.990. The Balaban J connectivity index is 1.96. The Morgan fingerprint density at radius 1 is 0.958 bits per heavy atom.